The van der Waals surface area contributed by atoms with Gasteiger partial charge in [-0.25, -0.2) is 8.42 Å². The summed E-state index contributed by atoms with van der Waals surface area (Å²) in [4.78, 5) is 0. The van der Waals surface area contributed by atoms with Crippen molar-refractivity contribution < 1.29 is 8.42 Å². The fraction of sp³-hybridized carbons (Fsp3) is 0.571. The SMILES string of the molecule is Nc1ccc(CCS(=O)(=O)CC2CCCC2)cc1. The Morgan fingerprint density at radius 1 is 1.11 bits per heavy atom. The summed E-state index contributed by atoms with van der Waals surface area (Å²) in [5.41, 5.74) is 7.36. The van der Waals surface area contributed by atoms with Gasteiger partial charge in [0.25, 0.3) is 0 Å². The molecule has 0 spiro atoms. The zero-order valence-corrected chi connectivity index (χ0v) is 11.5. The van der Waals surface area contributed by atoms with E-state index in [0.717, 1.165) is 18.4 Å². The quantitative estimate of drug-likeness (QED) is 0.833. The van der Waals surface area contributed by atoms with Crippen LogP contribution in [0.2, 0.25) is 0 Å². The van der Waals surface area contributed by atoms with Crippen LogP contribution < -0.4 is 5.73 Å². The Morgan fingerprint density at radius 2 is 1.72 bits per heavy atom. The molecule has 1 saturated carbocycles. The van der Waals surface area contributed by atoms with E-state index in [1.54, 1.807) is 0 Å². The molecule has 1 aliphatic carbocycles. The maximum absolute atomic E-state index is 12.0. The third kappa shape index (κ3) is 4.02. The van der Waals surface area contributed by atoms with E-state index in [-0.39, 0.29) is 5.75 Å². The Bertz CT molecular complexity index is 473. The third-order valence-electron chi connectivity index (χ3n) is 3.65. The summed E-state index contributed by atoms with van der Waals surface area (Å²) in [7, 11) is -2.90. The molecule has 0 amide bonds. The monoisotopic (exact) mass is 267 g/mol. The summed E-state index contributed by atoms with van der Waals surface area (Å²) in [5, 5.41) is 0. The van der Waals surface area contributed by atoms with Crippen molar-refractivity contribution in [2.45, 2.75) is 32.1 Å². The van der Waals surface area contributed by atoms with Crippen molar-refractivity contribution in [2.75, 3.05) is 17.2 Å². The minimum atomic E-state index is -2.90. The van der Waals surface area contributed by atoms with Gasteiger partial charge in [-0.15, -0.1) is 0 Å². The lowest BCUT2D eigenvalue weighted by atomic mass is 10.1. The maximum atomic E-state index is 12.0. The topological polar surface area (TPSA) is 60.2 Å². The maximum Gasteiger partial charge on any atom is 0.150 e. The average Bonchev–Trinajstić information content (AvgIpc) is 2.80. The summed E-state index contributed by atoms with van der Waals surface area (Å²) in [6.07, 6.45) is 5.15. The van der Waals surface area contributed by atoms with Gasteiger partial charge in [-0.1, -0.05) is 25.0 Å². The molecule has 0 bridgehead atoms. The minimum absolute atomic E-state index is 0.257. The first kappa shape index (κ1) is 13.4. The van der Waals surface area contributed by atoms with Gasteiger partial charge in [0, 0.05) is 5.69 Å². The molecule has 2 N–H and O–H groups in total. The first-order valence-corrected chi connectivity index (χ1v) is 8.42. The van der Waals surface area contributed by atoms with Crippen LogP contribution in [0.3, 0.4) is 0 Å². The number of anilines is 1. The summed E-state index contributed by atoms with van der Waals surface area (Å²) >= 11 is 0. The fourth-order valence-electron chi connectivity index (χ4n) is 2.58. The molecule has 0 aromatic heterocycles. The number of hydrogen-bond acceptors (Lipinski definition) is 3. The van der Waals surface area contributed by atoms with Crippen LogP contribution in [0.4, 0.5) is 5.69 Å². The van der Waals surface area contributed by atoms with E-state index in [9.17, 15) is 8.42 Å². The van der Waals surface area contributed by atoms with E-state index in [0.29, 0.717) is 23.8 Å². The number of sulfone groups is 1. The zero-order chi connectivity index (χ0) is 13.0. The standard InChI is InChI=1S/C14H21NO2S/c15-14-7-5-12(6-8-14)9-10-18(16,17)11-13-3-1-2-4-13/h5-8,13H,1-4,9-11,15H2. The number of nitrogens with two attached hydrogens (primary N) is 1. The minimum Gasteiger partial charge on any atom is -0.399 e. The van der Waals surface area contributed by atoms with Crippen molar-refractivity contribution in [1.29, 1.82) is 0 Å². The molecule has 18 heavy (non-hydrogen) atoms. The Balaban J connectivity index is 1.86. The fourth-order valence-corrected chi connectivity index (χ4v) is 4.34. The molecule has 0 radical (unpaired) electrons. The molecule has 1 aromatic rings. The highest BCUT2D eigenvalue weighted by Gasteiger charge is 2.22. The number of aryl methyl sites for hydroxylation is 1. The Kier molecular flexibility index (Phi) is 4.27. The highest BCUT2D eigenvalue weighted by Crippen LogP contribution is 2.26. The lowest BCUT2D eigenvalue weighted by molar-refractivity contribution is 0.558. The molecule has 0 heterocycles. The normalized spacial score (nSPS) is 17.1. The number of benzene rings is 1. The van der Waals surface area contributed by atoms with Crippen molar-refractivity contribution in [3.8, 4) is 0 Å². The van der Waals surface area contributed by atoms with Gasteiger partial charge in [0.1, 0.15) is 0 Å². The van der Waals surface area contributed by atoms with Crippen LogP contribution in [0.1, 0.15) is 31.2 Å². The van der Waals surface area contributed by atoms with Gasteiger partial charge in [-0.3, -0.25) is 0 Å². The van der Waals surface area contributed by atoms with E-state index in [4.69, 9.17) is 5.73 Å². The lowest BCUT2D eigenvalue weighted by Gasteiger charge is -2.10. The van der Waals surface area contributed by atoms with Crippen LogP contribution in [-0.2, 0) is 16.3 Å². The first-order valence-electron chi connectivity index (χ1n) is 6.60. The number of nitrogen functional groups attached to an aromatic ring is 1. The van der Waals surface area contributed by atoms with Crippen molar-refractivity contribution >= 4 is 15.5 Å². The van der Waals surface area contributed by atoms with Crippen molar-refractivity contribution in [2.24, 2.45) is 5.92 Å². The molecule has 1 aromatic carbocycles. The summed E-state index contributed by atoms with van der Waals surface area (Å²) in [6.45, 7) is 0. The van der Waals surface area contributed by atoms with E-state index >= 15 is 0 Å². The first-order chi connectivity index (χ1) is 8.55. The predicted molar refractivity (Wildman–Crippen MR) is 75.2 cm³/mol. The molecule has 0 aliphatic heterocycles. The van der Waals surface area contributed by atoms with Gasteiger partial charge in [-0.05, 0) is 42.9 Å². The van der Waals surface area contributed by atoms with Crippen LogP contribution in [0.25, 0.3) is 0 Å². The highest BCUT2D eigenvalue weighted by atomic mass is 32.2. The predicted octanol–water partition coefficient (Wildman–Crippen LogP) is 2.42. The summed E-state index contributed by atoms with van der Waals surface area (Å²) in [6, 6.07) is 7.44. The van der Waals surface area contributed by atoms with Gasteiger partial charge in [-0.2, -0.15) is 0 Å². The van der Waals surface area contributed by atoms with Crippen molar-refractivity contribution in [3.63, 3.8) is 0 Å². The van der Waals surface area contributed by atoms with E-state index < -0.39 is 9.84 Å². The summed E-state index contributed by atoms with van der Waals surface area (Å²) in [5.74, 6) is 1.04. The molecule has 1 aliphatic rings. The second-order valence-electron chi connectivity index (χ2n) is 5.26. The zero-order valence-electron chi connectivity index (χ0n) is 10.6. The van der Waals surface area contributed by atoms with Gasteiger partial charge in [0.15, 0.2) is 9.84 Å². The second-order valence-corrected chi connectivity index (χ2v) is 7.49. The number of rotatable bonds is 5. The molecule has 3 nitrogen and oxygen atoms in total. The van der Waals surface area contributed by atoms with Crippen LogP contribution >= 0.6 is 0 Å². The van der Waals surface area contributed by atoms with Gasteiger partial charge in [0.05, 0.1) is 11.5 Å². The van der Waals surface area contributed by atoms with Gasteiger partial charge < -0.3 is 5.73 Å². The molecule has 0 saturated heterocycles. The van der Waals surface area contributed by atoms with Crippen LogP contribution in [0.5, 0.6) is 0 Å². The van der Waals surface area contributed by atoms with E-state index in [1.807, 2.05) is 24.3 Å². The molecular weight excluding hydrogens is 246 g/mol. The molecular formula is C14H21NO2S. The highest BCUT2D eigenvalue weighted by molar-refractivity contribution is 7.91. The van der Waals surface area contributed by atoms with Crippen LogP contribution in [-0.4, -0.2) is 19.9 Å². The van der Waals surface area contributed by atoms with Crippen LogP contribution in [0.15, 0.2) is 24.3 Å². The second kappa shape index (κ2) is 5.74. The smallest absolute Gasteiger partial charge is 0.150 e. The Hall–Kier alpha value is -1.03. The molecule has 100 valence electrons. The Labute approximate surface area is 109 Å². The van der Waals surface area contributed by atoms with Crippen molar-refractivity contribution in [3.05, 3.63) is 29.8 Å². The average molecular weight is 267 g/mol. The van der Waals surface area contributed by atoms with Crippen LogP contribution in [0, 0.1) is 5.92 Å². The largest absolute Gasteiger partial charge is 0.399 e. The van der Waals surface area contributed by atoms with Gasteiger partial charge >= 0.3 is 0 Å². The molecule has 0 unspecified atom stereocenters. The summed E-state index contributed by atoms with van der Waals surface area (Å²) < 4.78 is 24.0. The Morgan fingerprint density at radius 3 is 2.33 bits per heavy atom. The molecule has 2 rings (SSSR count). The number of hydrogen-bond donors (Lipinski definition) is 1. The van der Waals surface area contributed by atoms with Crippen molar-refractivity contribution in [1.82, 2.24) is 0 Å². The van der Waals surface area contributed by atoms with Gasteiger partial charge in [0.2, 0.25) is 0 Å². The van der Waals surface area contributed by atoms with E-state index in [1.165, 1.54) is 12.8 Å². The molecule has 0 atom stereocenters. The lowest BCUT2D eigenvalue weighted by Crippen LogP contribution is -2.18. The molecule has 1 fully saturated rings. The van der Waals surface area contributed by atoms with E-state index in [2.05, 4.69) is 0 Å². The third-order valence-corrected chi connectivity index (χ3v) is 5.45. The molecule has 4 heteroatoms.